The second kappa shape index (κ2) is 16.8. The van der Waals surface area contributed by atoms with E-state index in [1.165, 1.54) is 17.7 Å². The quantitative estimate of drug-likeness (QED) is 0.145. The Hall–Kier alpha value is -7.96. The molecule has 5 nitrogen and oxygen atoms in total. The van der Waals surface area contributed by atoms with Gasteiger partial charge in [0.2, 0.25) is 0 Å². The highest BCUT2D eigenvalue weighted by Crippen LogP contribution is 2.51. The minimum absolute atomic E-state index is 0.0513. The molecular formula is C61H51FN4O. The van der Waals surface area contributed by atoms with E-state index >= 15 is 0 Å². The molecule has 10 aromatic rings. The SMILES string of the molecule is [2H]C(C)(C)c1ccccc1-c1cc(Oc2ccc3c4ccccc4n(-c4cc(C(C)(C)C)ccn4)c3c2)cc(N2CN(c3c(-c4ccccc4)cccc3-c3ccc(F)cc3)c3ccccc32)c1. The lowest BCUT2D eigenvalue weighted by atomic mass is 9.88. The molecule has 8 aromatic carbocycles. The maximum Gasteiger partial charge on any atom is 0.137 e. The van der Waals surface area contributed by atoms with Gasteiger partial charge in [-0.1, -0.05) is 150 Å². The summed E-state index contributed by atoms with van der Waals surface area (Å²) in [5, 5.41) is 2.26. The maximum absolute atomic E-state index is 14.4. The van der Waals surface area contributed by atoms with Gasteiger partial charge < -0.3 is 14.5 Å². The fraction of sp³-hybridized carbons (Fsp3) is 0.131. The van der Waals surface area contributed by atoms with Gasteiger partial charge >= 0.3 is 0 Å². The van der Waals surface area contributed by atoms with E-state index in [1.54, 1.807) is 0 Å². The van der Waals surface area contributed by atoms with Crippen molar-refractivity contribution in [2.24, 2.45) is 0 Å². The Morgan fingerprint density at radius 2 is 1.22 bits per heavy atom. The summed E-state index contributed by atoms with van der Waals surface area (Å²) in [4.78, 5) is 9.63. The van der Waals surface area contributed by atoms with Crippen molar-refractivity contribution in [1.82, 2.24) is 9.55 Å². The molecular weight excluding hydrogens is 824 g/mol. The summed E-state index contributed by atoms with van der Waals surface area (Å²) in [5.41, 5.74) is 14.2. The number of anilines is 4. The molecule has 0 bridgehead atoms. The molecule has 0 atom stereocenters. The Morgan fingerprint density at radius 1 is 0.567 bits per heavy atom. The van der Waals surface area contributed by atoms with Crippen LogP contribution in [0.4, 0.5) is 27.1 Å². The first-order chi connectivity index (χ1) is 32.9. The van der Waals surface area contributed by atoms with Crippen molar-refractivity contribution in [2.45, 2.75) is 45.9 Å². The molecule has 0 N–H and O–H groups in total. The van der Waals surface area contributed by atoms with Gasteiger partial charge in [-0.15, -0.1) is 0 Å². The zero-order valence-electron chi connectivity index (χ0n) is 39.3. The van der Waals surface area contributed by atoms with Crippen LogP contribution in [0, 0.1) is 5.82 Å². The molecule has 6 heteroatoms. The number of pyridine rings is 1. The molecule has 11 rings (SSSR count). The molecule has 0 fully saturated rings. The molecule has 3 heterocycles. The van der Waals surface area contributed by atoms with Gasteiger partial charge in [0.05, 0.1) is 28.1 Å². The molecule has 1 aliphatic rings. The van der Waals surface area contributed by atoms with E-state index in [9.17, 15) is 5.76 Å². The predicted octanol–water partition coefficient (Wildman–Crippen LogP) is 16.8. The molecule has 0 amide bonds. The van der Waals surface area contributed by atoms with Gasteiger partial charge in [0.15, 0.2) is 0 Å². The highest BCUT2D eigenvalue weighted by atomic mass is 19.1. The van der Waals surface area contributed by atoms with E-state index in [0.29, 0.717) is 18.2 Å². The van der Waals surface area contributed by atoms with Crippen molar-refractivity contribution in [3.05, 3.63) is 217 Å². The topological polar surface area (TPSA) is 33.5 Å². The maximum atomic E-state index is 14.4. The van der Waals surface area contributed by atoms with Crippen LogP contribution in [0.2, 0.25) is 0 Å². The van der Waals surface area contributed by atoms with Gasteiger partial charge in [-0.25, -0.2) is 9.37 Å². The number of benzene rings is 8. The van der Waals surface area contributed by atoms with Crippen molar-refractivity contribution in [1.29, 1.82) is 0 Å². The standard InChI is InChI=1S/C61H51FN4O/c1-40(2)49-18-9-10-19-50(49)43-34-46(37-48(35-43)67-47-30-31-54-53-20-11-12-23-55(53)66(58(54)38-47)59-36-44(32-33-63-59)61(3,4)5)64-39-65(57-25-14-13-24-56(57)64)60-51(41-16-7-6-8-17-41)21-15-22-52(60)42-26-28-45(62)29-27-42/h6-38,40H,39H2,1-5H3/i40D. The number of fused-ring (bicyclic) bond motifs is 4. The molecule has 0 spiro atoms. The fourth-order valence-electron chi connectivity index (χ4n) is 9.70. The fourth-order valence-corrected chi connectivity index (χ4v) is 9.70. The number of nitrogens with zero attached hydrogens (tertiary/aromatic N) is 4. The third kappa shape index (κ3) is 7.68. The third-order valence-corrected chi connectivity index (χ3v) is 13.0. The number of hydrogen-bond acceptors (Lipinski definition) is 4. The first-order valence-corrected chi connectivity index (χ1v) is 22.9. The summed E-state index contributed by atoms with van der Waals surface area (Å²) in [7, 11) is 0. The van der Waals surface area contributed by atoms with E-state index in [-0.39, 0.29) is 11.2 Å². The smallest absolute Gasteiger partial charge is 0.137 e. The van der Waals surface area contributed by atoms with E-state index in [1.807, 2.05) is 50.4 Å². The van der Waals surface area contributed by atoms with Crippen LogP contribution in [0.3, 0.4) is 0 Å². The normalized spacial score (nSPS) is 13.0. The van der Waals surface area contributed by atoms with Crippen LogP contribution in [0.15, 0.2) is 200 Å². The Kier molecular flexibility index (Phi) is 10.2. The summed E-state index contributed by atoms with van der Waals surface area (Å²) >= 11 is 0. The number of rotatable bonds is 9. The van der Waals surface area contributed by atoms with Crippen LogP contribution in [0.25, 0.3) is 61.0 Å². The summed E-state index contributed by atoms with van der Waals surface area (Å²) in [5.74, 6) is 1.07. The van der Waals surface area contributed by atoms with Crippen molar-refractivity contribution in [3.63, 3.8) is 0 Å². The minimum atomic E-state index is -0.862. The highest BCUT2D eigenvalue weighted by Gasteiger charge is 2.32. The van der Waals surface area contributed by atoms with Crippen molar-refractivity contribution in [3.8, 4) is 50.7 Å². The Labute approximate surface area is 393 Å². The first-order valence-electron chi connectivity index (χ1n) is 23.4. The lowest BCUT2D eigenvalue weighted by Gasteiger charge is -2.27. The largest absolute Gasteiger partial charge is 0.457 e. The summed E-state index contributed by atoms with van der Waals surface area (Å²) in [6.07, 6.45) is 1.90. The van der Waals surface area contributed by atoms with Gasteiger partial charge in [0.25, 0.3) is 0 Å². The number of aromatic nitrogens is 2. The van der Waals surface area contributed by atoms with Gasteiger partial charge in [-0.2, -0.15) is 0 Å². The average Bonchev–Trinajstić information content (AvgIpc) is 3.90. The van der Waals surface area contributed by atoms with E-state index < -0.39 is 5.89 Å². The molecule has 0 unspecified atom stereocenters. The Morgan fingerprint density at radius 3 is 1.99 bits per heavy atom. The highest BCUT2D eigenvalue weighted by molar-refractivity contribution is 6.09. The second-order valence-electron chi connectivity index (χ2n) is 18.6. The van der Waals surface area contributed by atoms with Gasteiger partial charge in [-0.3, -0.25) is 4.57 Å². The lowest BCUT2D eigenvalue weighted by Crippen LogP contribution is -2.25. The monoisotopic (exact) mass is 875 g/mol. The van der Waals surface area contributed by atoms with E-state index in [2.05, 4.69) is 187 Å². The number of halogens is 1. The molecule has 0 saturated heterocycles. The van der Waals surface area contributed by atoms with Crippen LogP contribution < -0.4 is 14.5 Å². The van der Waals surface area contributed by atoms with Crippen molar-refractivity contribution >= 4 is 44.6 Å². The predicted molar refractivity (Wildman–Crippen MR) is 276 cm³/mol. The summed E-state index contributed by atoms with van der Waals surface area (Å²) in [6, 6.07) is 65.8. The first kappa shape index (κ1) is 40.5. The molecule has 0 radical (unpaired) electrons. The second-order valence-corrected chi connectivity index (χ2v) is 18.6. The van der Waals surface area contributed by atoms with Gasteiger partial charge in [0, 0.05) is 47.3 Å². The third-order valence-electron chi connectivity index (χ3n) is 13.0. The number of ether oxygens (including phenoxy) is 1. The lowest BCUT2D eigenvalue weighted by molar-refractivity contribution is 0.483. The van der Waals surface area contributed by atoms with Crippen LogP contribution in [0.1, 0.15) is 53.0 Å². The van der Waals surface area contributed by atoms with E-state index in [4.69, 9.17) is 9.72 Å². The van der Waals surface area contributed by atoms with Crippen molar-refractivity contribution < 1.29 is 10.5 Å². The van der Waals surface area contributed by atoms with Crippen LogP contribution in [-0.2, 0) is 5.41 Å². The molecule has 0 aliphatic carbocycles. The van der Waals surface area contributed by atoms with Gasteiger partial charge in [0.1, 0.15) is 29.8 Å². The van der Waals surface area contributed by atoms with Crippen LogP contribution in [0.5, 0.6) is 11.5 Å². The van der Waals surface area contributed by atoms with Crippen molar-refractivity contribution in [2.75, 3.05) is 16.5 Å². The molecule has 1 aliphatic heterocycles. The summed E-state index contributed by atoms with van der Waals surface area (Å²) in [6.45, 7) is 11.0. The zero-order chi connectivity index (χ0) is 46.7. The number of para-hydroxylation sites is 4. The van der Waals surface area contributed by atoms with Crippen LogP contribution >= 0.6 is 0 Å². The van der Waals surface area contributed by atoms with Crippen LogP contribution in [-0.4, -0.2) is 16.2 Å². The van der Waals surface area contributed by atoms with E-state index in [0.717, 1.165) is 89.3 Å². The molecule has 2 aromatic heterocycles. The molecule has 67 heavy (non-hydrogen) atoms. The average molecular weight is 876 g/mol. The zero-order valence-corrected chi connectivity index (χ0v) is 38.3. The molecule has 328 valence electrons. The van der Waals surface area contributed by atoms with Gasteiger partial charge in [-0.05, 0) is 111 Å². The molecule has 0 saturated carbocycles. The minimum Gasteiger partial charge on any atom is -0.457 e. The summed E-state index contributed by atoms with van der Waals surface area (Å²) < 4.78 is 32.9. The number of hydrogen-bond donors (Lipinski definition) is 0. The Bertz CT molecular complexity index is 3510. The Balaban J connectivity index is 1.07.